The molecule has 0 aliphatic heterocycles. The molecular weight excluding hydrogens is 406 g/mol. The van der Waals surface area contributed by atoms with Gasteiger partial charge in [0.2, 0.25) is 11.8 Å². The number of thiocarbonyl (C=S) groups is 1. The molecule has 3 rings (SSSR count). The highest BCUT2D eigenvalue weighted by Gasteiger charge is 2.13. The van der Waals surface area contributed by atoms with Gasteiger partial charge in [-0.15, -0.1) is 0 Å². The van der Waals surface area contributed by atoms with Crippen LogP contribution in [0.5, 0.6) is 0 Å². The van der Waals surface area contributed by atoms with E-state index in [1.807, 2.05) is 55.5 Å². The van der Waals surface area contributed by atoms with E-state index in [0.717, 1.165) is 11.1 Å². The van der Waals surface area contributed by atoms with E-state index in [1.54, 1.807) is 0 Å². The molecule has 3 aromatic rings. The number of fused-ring (bicyclic) bond motifs is 1. The molecule has 0 aliphatic carbocycles. The third kappa shape index (κ3) is 6.89. The third-order valence-corrected chi connectivity index (χ3v) is 5.53. The number of carbonyl (C=O) groups is 2. The van der Waals surface area contributed by atoms with E-state index in [2.05, 4.69) is 40.2 Å². The Morgan fingerprint density at radius 2 is 1.58 bits per heavy atom. The standard InChI is InChI=1S/C25H27N3O2S/c1-18(25(31)27-16-21-12-7-11-20-10-5-6-13-22(20)21)28-24(30)17-26-23(29)15-14-19-8-3-2-4-9-19/h2-13,18H,14-17H2,1H3,(H,26,29)(H,27,31)(H,28,30)/t18-/m0/s1. The third-order valence-electron chi connectivity index (χ3n) is 5.03. The minimum Gasteiger partial charge on any atom is -0.374 e. The van der Waals surface area contributed by atoms with Gasteiger partial charge in [0, 0.05) is 13.0 Å². The summed E-state index contributed by atoms with van der Waals surface area (Å²) < 4.78 is 0. The van der Waals surface area contributed by atoms with Gasteiger partial charge in [-0.3, -0.25) is 9.59 Å². The highest BCUT2D eigenvalue weighted by Crippen LogP contribution is 2.18. The minimum absolute atomic E-state index is 0.0656. The number of benzene rings is 3. The van der Waals surface area contributed by atoms with Crippen LogP contribution in [0.3, 0.4) is 0 Å². The first-order valence-corrected chi connectivity index (χ1v) is 10.8. The molecule has 0 saturated heterocycles. The van der Waals surface area contributed by atoms with Gasteiger partial charge in [0.25, 0.3) is 0 Å². The molecule has 160 valence electrons. The molecule has 0 spiro atoms. The van der Waals surface area contributed by atoms with Crippen LogP contribution in [-0.2, 0) is 22.6 Å². The minimum atomic E-state index is -0.335. The van der Waals surface area contributed by atoms with E-state index < -0.39 is 0 Å². The fourth-order valence-electron chi connectivity index (χ4n) is 3.31. The monoisotopic (exact) mass is 433 g/mol. The predicted octanol–water partition coefficient (Wildman–Crippen LogP) is 3.51. The van der Waals surface area contributed by atoms with Gasteiger partial charge in [-0.05, 0) is 35.2 Å². The number of aryl methyl sites for hydroxylation is 1. The maximum absolute atomic E-state index is 12.2. The molecule has 3 N–H and O–H groups in total. The highest BCUT2D eigenvalue weighted by molar-refractivity contribution is 7.80. The van der Waals surface area contributed by atoms with Gasteiger partial charge in [0.1, 0.15) is 0 Å². The van der Waals surface area contributed by atoms with Gasteiger partial charge in [0.15, 0.2) is 0 Å². The molecule has 0 fully saturated rings. The predicted molar refractivity (Wildman–Crippen MR) is 129 cm³/mol. The molecule has 5 nitrogen and oxygen atoms in total. The zero-order valence-electron chi connectivity index (χ0n) is 17.6. The topological polar surface area (TPSA) is 70.2 Å². The Hall–Kier alpha value is -3.25. The second-order valence-electron chi connectivity index (χ2n) is 7.41. The van der Waals surface area contributed by atoms with Crippen molar-refractivity contribution < 1.29 is 9.59 Å². The maximum Gasteiger partial charge on any atom is 0.239 e. The van der Waals surface area contributed by atoms with E-state index in [-0.39, 0.29) is 24.4 Å². The summed E-state index contributed by atoms with van der Waals surface area (Å²) in [5.74, 6) is -0.418. The summed E-state index contributed by atoms with van der Waals surface area (Å²) >= 11 is 5.44. The molecule has 0 saturated carbocycles. The fourth-order valence-corrected chi connectivity index (χ4v) is 3.44. The van der Waals surface area contributed by atoms with Crippen LogP contribution >= 0.6 is 12.2 Å². The second kappa shape index (κ2) is 11.2. The molecule has 3 aromatic carbocycles. The number of carbonyl (C=O) groups excluding carboxylic acids is 2. The zero-order chi connectivity index (χ0) is 22.1. The van der Waals surface area contributed by atoms with Gasteiger partial charge in [-0.25, -0.2) is 0 Å². The number of rotatable bonds is 9. The van der Waals surface area contributed by atoms with E-state index >= 15 is 0 Å². The van der Waals surface area contributed by atoms with E-state index in [0.29, 0.717) is 24.4 Å². The van der Waals surface area contributed by atoms with Crippen molar-refractivity contribution in [2.75, 3.05) is 6.54 Å². The van der Waals surface area contributed by atoms with E-state index in [1.165, 1.54) is 10.8 Å². The SMILES string of the molecule is C[C@H](NC(=O)CNC(=O)CCc1ccccc1)C(=S)NCc1cccc2ccccc12. The summed E-state index contributed by atoms with van der Waals surface area (Å²) in [7, 11) is 0. The zero-order valence-corrected chi connectivity index (χ0v) is 18.4. The lowest BCUT2D eigenvalue weighted by Gasteiger charge is -2.17. The Bertz CT molecular complexity index is 1050. The van der Waals surface area contributed by atoms with Crippen LogP contribution in [0.25, 0.3) is 10.8 Å². The molecule has 0 unspecified atom stereocenters. The van der Waals surface area contributed by atoms with Gasteiger partial charge in [0.05, 0.1) is 17.6 Å². The average Bonchev–Trinajstić information content (AvgIpc) is 2.80. The average molecular weight is 434 g/mol. The summed E-state index contributed by atoms with van der Waals surface area (Å²) in [5, 5.41) is 11.1. The molecule has 31 heavy (non-hydrogen) atoms. The summed E-state index contributed by atoms with van der Waals surface area (Å²) in [4.78, 5) is 24.7. The maximum atomic E-state index is 12.2. The first kappa shape index (κ1) is 22.4. The normalized spacial score (nSPS) is 11.5. The molecular formula is C25H27N3O2S. The summed E-state index contributed by atoms with van der Waals surface area (Å²) in [6.45, 7) is 2.34. The molecule has 0 bridgehead atoms. The van der Waals surface area contributed by atoms with Crippen molar-refractivity contribution in [1.29, 1.82) is 0 Å². The lowest BCUT2D eigenvalue weighted by atomic mass is 10.0. The molecule has 0 aromatic heterocycles. The fraction of sp³-hybridized carbons (Fsp3) is 0.240. The van der Waals surface area contributed by atoms with Crippen molar-refractivity contribution >= 4 is 39.8 Å². The number of amides is 2. The quantitative estimate of drug-likeness (QED) is 0.452. The molecule has 1 atom stereocenters. The summed E-state index contributed by atoms with van der Waals surface area (Å²) in [6.07, 6.45) is 0.991. The molecule has 0 heterocycles. The lowest BCUT2D eigenvalue weighted by molar-refractivity contribution is -0.126. The van der Waals surface area contributed by atoms with Gasteiger partial charge in [-0.1, -0.05) is 85.0 Å². The Labute approximate surface area is 188 Å². The second-order valence-corrected chi connectivity index (χ2v) is 7.85. The van der Waals surface area contributed by atoms with Crippen LogP contribution in [0.4, 0.5) is 0 Å². The van der Waals surface area contributed by atoms with Crippen molar-refractivity contribution in [3.8, 4) is 0 Å². The van der Waals surface area contributed by atoms with E-state index in [9.17, 15) is 9.59 Å². The Morgan fingerprint density at radius 1 is 0.871 bits per heavy atom. The van der Waals surface area contributed by atoms with Crippen LogP contribution in [-0.4, -0.2) is 29.4 Å². The number of hydrogen-bond donors (Lipinski definition) is 3. The van der Waals surface area contributed by atoms with Crippen LogP contribution in [0.1, 0.15) is 24.5 Å². The Kier molecular flexibility index (Phi) is 8.12. The van der Waals surface area contributed by atoms with Crippen LogP contribution in [0, 0.1) is 0 Å². The first-order chi connectivity index (χ1) is 15.0. The Morgan fingerprint density at radius 3 is 2.39 bits per heavy atom. The molecule has 2 amide bonds. The van der Waals surface area contributed by atoms with Crippen LogP contribution < -0.4 is 16.0 Å². The highest BCUT2D eigenvalue weighted by atomic mass is 32.1. The van der Waals surface area contributed by atoms with Crippen molar-refractivity contribution in [2.24, 2.45) is 0 Å². The van der Waals surface area contributed by atoms with Gasteiger partial charge >= 0.3 is 0 Å². The van der Waals surface area contributed by atoms with Crippen molar-refractivity contribution in [3.05, 3.63) is 83.9 Å². The molecule has 0 aliphatic rings. The smallest absolute Gasteiger partial charge is 0.239 e. The number of nitrogens with one attached hydrogen (secondary N) is 3. The molecule has 0 radical (unpaired) electrons. The van der Waals surface area contributed by atoms with Crippen LogP contribution in [0.15, 0.2) is 72.8 Å². The largest absolute Gasteiger partial charge is 0.374 e. The van der Waals surface area contributed by atoms with E-state index in [4.69, 9.17) is 12.2 Å². The van der Waals surface area contributed by atoms with Crippen molar-refractivity contribution in [1.82, 2.24) is 16.0 Å². The van der Waals surface area contributed by atoms with Crippen molar-refractivity contribution in [2.45, 2.75) is 32.4 Å². The van der Waals surface area contributed by atoms with Gasteiger partial charge < -0.3 is 16.0 Å². The lowest BCUT2D eigenvalue weighted by Crippen LogP contribution is -2.47. The van der Waals surface area contributed by atoms with Crippen molar-refractivity contribution in [3.63, 3.8) is 0 Å². The van der Waals surface area contributed by atoms with Gasteiger partial charge in [-0.2, -0.15) is 0 Å². The summed E-state index contributed by atoms with van der Waals surface area (Å²) in [6, 6.07) is 23.8. The Balaban J connectivity index is 1.39. The van der Waals surface area contributed by atoms with Crippen LogP contribution in [0.2, 0.25) is 0 Å². The first-order valence-electron chi connectivity index (χ1n) is 10.4. The number of hydrogen-bond acceptors (Lipinski definition) is 3. The molecule has 6 heteroatoms. The summed E-state index contributed by atoms with van der Waals surface area (Å²) in [5.41, 5.74) is 2.24.